The number of esters is 1. The average Bonchev–Trinajstić information content (AvgIpc) is 2.66. The Labute approximate surface area is 157 Å². The summed E-state index contributed by atoms with van der Waals surface area (Å²) >= 11 is 5.17. The first kappa shape index (κ1) is 19.4. The summed E-state index contributed by atoms with van der Waals surface area (Å²) in [4.78, 5) is 23.9. The molecule has 0 saturated heterocycles. The quantitative estimate of drug-likeness (QED) is 0.598. The zero-order chi connectivity index (χ0) is 18.9. The Morgan fingerprint density at radius 1 is 1.08 bits per heavy atom. The van der Waals surface area contributed by atoms with Crippen molar-refractivity contribution >= 4 is 34.9 Å². The third kappa shape index (κ3) is 5.56. The summed E-state index contributed by atoms with van der Waals surface area (Å²) in [5.41, 5.74) is 1.30. The second kappa shape index (κ2) is 9.53. The van der Waals surface area contributed by atoms with Gasteiger partial charge in [0.25, 0.3) is 5.91 Å². The molecule has 7 heteroatoms. The highest BCUT2D eigenvalue weighted by atomic mass is 32.1. The Morgan fingerprint density at radius 2 is 1.81 bits per heavy atom. The smallest absolute Gasteiger partial charge is 0.337 e. The molecule has 0 fully saturated rings. The lowest BCUT2D eigenvalue weighted by Crippen LogP contribution is -2.34. The van der Waals surface area contributed by atoms with Crippen molar-refractivity contribution in [3.63, 3.8) is 0 Å². The van der Waals surface area contributed by atoms with Gasteiger partial charge in [0.05, 0.1) is 19.3 Å². The molecular formula is C19H20N2O4S. The van der Waals surface area contributed by atoms with Crippen LogP contribution in [0.25, 0.3) is 0 Å². The lowest BCUT2D eigenvalue weighted by atomic mass is 10.1. The number of carbonyl (C=O) groups is 2. The summed E-state index contributed by atoms with van der Waals surface area (Å²) in [5, 5.41) is 5.66. The van der Waals surface area contributed by atoms with E-state index in [4.69, 9.17) is 17.0 Å². The molecule has 136 valence electrons. The van der Waals surface area contributed by atoms with Gasteiger partial charge in [0.1, 0.15) is 5.75 Å². The van der Waals surface area contributed by atoms with Gasteiger partial charge in [0.2, 0.25) is 0 Å². The van der Waals surface area contributed by atoms with Gasteiger partial charge in [-0.1, -0.05) is 19.1 Å². The summed E-state index contributed by atoms with van der Waals surface area (Å²) in [7, 11) is 1.28. The summed E-state index contributed by atoms with van der Waals surface area (Å²) in [5.74, 6) is -0.215. The Kier molecular flexibility index (Phi) is 7.11. The van der Waals surface area contributed by atoms with Crippen LogP contribution < -0.4 is 15.4 Å². The highest BCUT2D eigenvalue weighted by molar-refractivity contribution is 7.80. The monoisotopic (exact) mass is 372 g/mol. The van der Waals surface area contributed by atoms with Crippen LogP contribution in [-0.4, -0.2) is 30.7 Å². The molecule has 2 aromatic rings. The Hall–Kier alpha value is -2.93. The number of ether oxygens (including phenoxy) is 2. The molecule has 2 N–H and O–H groups in total. The van der Waals surface area contributed by atoms with Crippen LogP contribution in [0.15, 0.2) is 48.5 Å². The first-order chi connectivity index (χ1) is 12.5. The van der Waals surface area contributed by atoms with Crippen molar-refractivity contribution in [2.75, 3.05) is 19.0 Å². The van der Waals surface area contributed by atoms with E-state index in [2.05, 4.69) is 15.4 Å². The van der Waals surface area contributed by atoms with Crippen LogP contribution in [0, 0.1) is 0 Å². The van der Waals surface area contributed by atoms with Crippen molar-refractivity contribution in [2.24, 2.45) is 0 Å². The van der Waals surface area contributed by atoms with Gasteiger partial charge >= 0.3 is 5.97 Å². The molecule has 2 rings (SSSR count). The van der Waals surface area contributed by atoms with Crippen molar-refractivity contribution in [1.82, 2.24) is 5.32 Å². The summed E-state index contributed by atoms with van der Waals surface area (Å²) in [6.45, 7) is 2.66. The minimum atomic E-state index is -0.510. The van der Waals surface area contributed by atoms with Crippen LogP contribution in [0.1, 0.15) is 34.1 Å². The van der Waals surface area contributed by atoms with E-state index in [0.717, 1.165) is 12.2 Å². The normalized spacial score (nSPS) is 9.92. The SMILES string of the molecule is CCCOc1cccc(NC(=S)NC(=O)c2cccc(C(=O)OC)c2)c1. The summed E-state index contributed by atoms with van der Waals surface area (Å²) in [6, 6.07) is 13.5. The van der Waals surface area contributed by atoms with Crippen molar-refractivity contribution in [3.05, 3.63) is 59.7 Å². The van der Waals surface area contributed by atoms with E-state index in [1.165, 1.54) is 13.2 Å². The number of amides is 1. The highest BCUT2D eigenvalue weighted by Gasteiger charge is 2.12. The Bertz CT molecular complexity index is 808. The van der Waals surface area contributed by atoms with Gasteiger partial charge in [-0.15, -0.1) is 0 Å². The third-order valence-electron chi connectivity index (χ3n) is 3.34. The molecule has 0 aliphatic carbocycles. The standard InChI is InChI=1S/C19H20N2O4S/c1-3-10-25-16-9-5-8-15(12-16)20-19(26)21-17(22)13-6-4-7-14(11-13)18(23)24-2/h4-9,11-12H,3,10H2,1-2H3,(H2,20,21,22,26). The fourth-order valence-corrected chi connectivity index (χ4v) is 2.34. The molecule has 2 aromatic carbocycles. The molecule has 0 aliphatic rings. The van der Waals surface area contributed by atoms with E-state index in [-0.39, 0.29) is 5.11 Å². The number of methoxy groups -OCH3 is 1. The van der Waals surface area contributed by atoms with Crippen LogP contribution in [-0.2, 0) is 4.74 Å². The minimum absolute atomic E-state index is 0.145. The minimum Gasteiger partial charge on any atom is -0.494 e. The number of carbonyl (C=O) groups excluding carboxylic acids is 2. The van der Waals surface area contributed by atoms with Crippen LogP contribution in [0.2, 0.25) is 0 Å². The number of rotatable bonds is 6. The lowest BCUT2D eigenvalue weighted by Gasteiger charge is -2.11. The largest absolute Gasteiger partial charge is 0.494 e. The van der Waals surface area contributed by atoms with Gasteiger partial charge in [0.15, 0.2) is 5.11 Å². The number of nitrogens with one attached hydrogen (secondary N) is 2. The number of benzene rings is 2. The third-order valence-corrected chi connectivity index (χ3v) is 3.54. The molecule has 0 saturated carbocycles. The molecular weight excluding hydrogens is 352 g/mol. The first-order valence-corrected chi connectivity index (χ1v) is 8.48. The molecule has 1 amide bonds. The zero-order valence-electron chi connectivity index (χ0n) is 14.6. The molecule has 0 radical (unpaired) electrons. The molecule has 0 heterocycles. The summed E-state index contributed by atoms with van der Waals surface area (Å²) in [6.07, 6.45) is 0.913. The van der Waals surface area contributed by atoms with Crippen molar-refractivity contribution in [3.8, 4) is 5.75 Å². The molecule has 6 nitrogen and oxygen atoms in total. The van der Waals surface area contributed by atoms with Crippen LogP contribution in [0.3, 0.4) is 0 Å². The van der Waals surface area contributed by atoms with Crippen molar-refractivity contribution < 1.29 is 19.1 Å². The van der Waals surface area contributed by atoms with Gasteiger partial charge in [-0.25, -0.2) is 4.79 Å². The van der Waals surface area contributed by atoms with Gasteiger partial charge in [-0.2, -0.15) is 0 Å². The van der Waals surface area contributed by atoms with Gasteiger partial charge in [-0.05, 0) is 49.0 Å². The van der Waals surface area contributed by atoms with E-state index in [9.17, 15) is 9.59 Å². The Balaban J connectivity index is 1.99. The molecule has 0 unspecified atom stereocenters. The molecule has 26 heavy (non-hydrogen) atoms. The van der Waals surface area contributed by atoms with Gasteiger partial charge in [0, 0.05) is 17.3 Å². The molecule has 0 aromatic heterocycles. The van der Waals surface area contributed by atoms with E-state index >= 15 is 0 Å². The number of thiocarbonyl (C=S) groups is 1. The van der Waals surface area contributed by atoms with E-state index < -0.39 is 11.9 Å². The highest BCUT2D eigenvalue weighted by Crippen LogP contribution is 2.17. The van der Waals surface area contributed by atoms with Gasteiger partial charge in [-0.3, -0.25) is 10.1 Å². The van der Waals surface area contributed by atoms with E-state index in [0.29, 0.717) is 23.4 Å². The predicted octanol–water partition coefficient (Wildman–Crippen LogP) is 3.39. The fraction of sp³-hybridized carbons (Fsp3) is 0.211. The van der Waals surface area contributed by atoms with Gasteiger partial charge < -0.3 is 14.8 Å². The van der Waals surface area contributed by atoms with E-state index in [1.54, 1.807) is 24.3 Å². The van der Waals surface area contributed by atoms with Crippen molar-refractivity contribution in [1.29, 1.82) is 0 Å². The molecule has 0 atom stereocenters. The zero-order valence-corrected chi connectivity index (χ0v) is 15.4. The maximum atomic E-state index is 12.3. The van der Waals surface area contributed by atoms with Crippen LogP contribution in [0.4, 0.5) is 5.69 Å². The van der Waals surface area contributed by atoms with Crippen molar-refractivity contribution in [2.45, 2.75) is 13.3 Å². The molecule has 0 bridgehead atoms. The number of hydrogen-bond acceptors (Lipinski definition) is 5. The number of anilines is 1. The summed E-state index contributed by atoms with van der Waals surface area (Å²) < 4.78 is 10.2. The lowest BCUT2D eigenvalue weighted by molar-refractivity contribution is 0.0600. The second-order valence-corrected chi connectivity index (χ2v) is 5.77. The average molecular weight is 372 g/mol. The maximum Gasteiger partial charge on any atom is 0.337 e. The fourth-order valence-electron chi connectivity index (χ4n) is 2.13. The van der Waals surface area contributed by atoms with Crippen LogP contribution >= 0.6 is 12.2 Å². The maximum absolute atomic E-state index is 12.3. The second-order valence-electron chi connectivity index (χ2n) is 5.36. The van der Waals surface area contributed by atoms with E-state index in [1.807, 2.05) is 25.1 Å². The number of hydrogen-bond donors (Lipinski definition) is 2. The predicted molar refractivity (Wildman–Crippen MR) is 104 cm³/mol. The molecule has 0 aliphatic heterocycles. The first-order valence-electron chi connectivity index (χ1n) is 8.07. The Morgan fingerprint density at radius 3 is 2.54 bits per heavy atom. The van der Waals surface area contributed by atoms with Crippen LogP contribution in [0.5, 0.6) is 5.75 Å². The topological polar surface area (TPSA) is 76.7 Å². The molecule has 0 spiro atoms.